The Labute approximate surface area is 214 Å². The molecular formula is C30H27FN4O2. The van der Waals surface area contributed by atoms with Crippen LogP contribution in [0.1, 0.15) is 48.4 Å². The molecule has 2 fully saturated rings. The number of nitrogens with zero attached hydrogens (tertiary/aromatic N) is 4. The van der Waals surface area contributed by atoms with E-state index in [0.29, 0.717) is 38.5 Å². The predicted octanol–water partition coefficient (Wildman–Crippen LogP) is 5.78. The van der Waals surface area contributed by atoms with Crippen molar-refractivity contribution in [3.8, 4) is 16.8 Å². The first-order valence-corrected chi connectivity index (χ1v) is 13.0. The molecular weight excluding hydrogens is 467 g/mol. The van der Waals surface area contributed by atoms with Crippen LogP contribution in [0.15, 0.2) is 59.7 Å². The lowest BCUT2D eigenvalue weighted by Crippen LogP contribution is -2.24. The highest BCUT2D eigenvalue weighted by molar-refractivity contribution is 6.03. The summed E-state index contributed by atoms with van der Waals surface area (Å²) in [5, 5.41) is 1.14. The fourth-order valence-electron chi connectivity index (χ4n) is 6.03. The van der Waals surface area contributed by atoms with E-state index in [2.05, 4.69) is 27.8 Å². The van der Waals surface area contributed by atoms with Gasteiger partial charge < -0.3 is 9.30 Å². The van der Waals surface area contributed by atoms with E-state index >= 15 is 0 Å². The molecule has 37 heavy (non-hydrogen) atoms. The van der Waals surface area contributed by atoms with Gasteiger partial charge >= 0.3 is 0 Å². The fourth-order valence-corrected chi connectivity index (χ4v) is 6.03. The summed E-state index contributed by atoms with van der Waals surface area (Å²) in [6, 6.07) is 15.3. The molecule has 0 atom stereocenters. The van der Waals surface area contributed by atoms with Gasteiger partial charge in [0.05, 0.1) is 12.1 Å². The van der Waals surface area contributed by atoms with Gasteiger partial charge in [-0.2, -0.15) is 0 Å². The first-order valence-electron chi connectivity index (χ1n) is 13.0. The molecule has 0 N–H and O–H groups in total. The number of anilines is 1. The Hall–Kier alpha value is -3.84. The number of hydrogen-bond donors (Lipinski definition) is 0. The summed E-state index contributed by atoms with van der Waals surface area (Å²) in [4.78, 5) is 23.3. The van der Waals surface area contributed by atoms with Gasteiger partial charge in [0.1, 0.15) is 11.6 Å². The van der Waals surface area contributed by atoms with Gasteiger partial charge in [-0.25, -0.2) is 9.37 Å². The molecule has 1 amide bonds. The minimum Gasteiger partial charge on any atom is -0.381 e. The van der Waals surface area contributed by atoms with Crippen LogP contribution in [0, 0.1) is 5.82 Å². The molecule has 2 aromatic heterocycles. The normalized spacial score (nSPS) is 17.8. The second-order valence-corrected chi connectivity index (χ2v) is 10.1. The maximum absolute atomic E-state index is 13.9. The van der Waals surface area contributed by atoms with E-state index in [9.17, 15) is 9.18 Å². The lowest BCUT2D eigenvalue weighted by atomic mass is 9.90. The number of amides is 1. The van der Waals surface area contributed by atoms with Gasteiger partial charge in [-0.15, -0.1) is 0 Å². The number of pyridine rings is 1. The third kappa shape index (κ3) is 3.76. The maximum Gasteiger partial charge on any atom is 0.228 e. The summed E-state index contributed by atoms with van der Waals surface area (Å²) in [7, 11) is 0. The summed E-state index contributed by atoms with van der Waals surface area (Å²) >= 11 is 0. The van der Waals surface area contributed by atoms with Crippen molar-refractivity contribution in [2.24, 2.45) is 4.99 Å². The third-order valence-electron chi connectivity index (χ3n) is 7.84. The molecule has 7 heteroatoms. The van der Waals surface area contributed by atoms with Gasteiger partial charge in [-0.1, -0.05) is 0 Å². The molecule has 3 aliphatic heterocycles. The van der Waals surface area contributed by atoms with Gasteiger partial charge in [0.25, 0.3) is 0 Å². The van der Waals surface area contributed by atoms with E-state index in [4.69, 9.17) is 9.72 Å². The van der Waals surface area contributed by atoms with Gasteiger partial charge in [0, 0.05) is 72.4 Å². The molecule has 0 radical (unpaired) electrons. The monoisotopic (exact) mass is 494 g/mol. The van der Waals surface area contributed by atoms with E-state index in [1.807, 2.05) is 30.6 Å². The number of carbonyl (C=O) groups excluding carboxylic acids is 1. The average molecular weight is 495 g/mol. The van der Waals surface area contributed by atoms with Gasteiger partial charge in [0.2, 0.25) is 5.91 Å². The Kier molecular flexibility index (Phi) is 5.39. The average Bonchev–Trinajstić information content (AvgIpc) is 3.65. The molecule has 5 heterocycles. The van der Waals surface area contributed by atoms with Crippen molar-refractivity contribution in [3.63, 3.8) is 0 Å². The number of carbonyl (C=O) groups is 1. The molecule has 0 unspecified atom stereocenters. The third-order valence-corrected chi connectivity index (χ3v) is 7.84. The van der Waals surface area contributed by atoms with Crippen LogP contribution in [0.25, 0.3) is 27.7 Å². The molecule has 186 valence electrons. The highest BCUT2D eigenvalue weighted by Crippen LogP contribution is 2.44. The zero-order chi connectivity index (χ0) is 24.9. The van der Waals surface area contributed by atoms with Crippen LogP contribution >= 0.6 is 0 Å². The number of ether oxygens (including phenoxy) is 1. The Bertz CT molecular complexity index is 1530. The van der Waals surface area contributed by atoms with Crippen LogP contribution in [-0.2, 0) is 16.1 Å². The van der Waals surface area contributed by atoms with Crippen LogP contribution in [0.3, 0.4) is 0 Å². The van der Waals surface area contributed by atoms with Gasteiger partial charge in [-0.05, 0) is 78.9 Å². The van der Waals surface area contributed by atoms with Crippen LogP contribution < -0.4 is 4.90 Å². The van der Waals surface area contributed by atoms with E-state index in [-0.39, 0.29) is 17.6 Å². The van der Waals surface area contributed by atoms with E-state index in [0.717, 1.165) is 52.5 Å². The molecule has 6 nitrogen and oxygen atoms in total. The first kappa shape index (κ1) is 22.4. The van der Waals surface area contributed by atoms with Crippen LogP contribution in [-0.4, -0.2) is 41.4 Å². The van der Waals surface area contributed by atoms with Crippen molar-refractivity contribution >= 4 is 28.8 Å². The number of aromatic nitrogens is 2. The van der Waals surface area contributed by atoms with Crippen molar-refractivity contribution in [2.75, 3.05) is 24.7 Å². The Morgan fingerprint density at radius 1 is 1.03 bits per heavy atom. The molecule has 7 rings (SSSR count). The SMILES string of the molecule is O=C1CCCN1c1ccc(-c2c(C3CCOCC3)n(-c3ccc(F)cc3)c3cc4c(cc23)CN=C4)cn1. The molecule has 0 bridgehead atoms. The molecule has 3 aliphatic rings. The van der Waals surface area contributed by atoms with Crippen molar-refractivity contribution in [1.82, 2.24) is 9.55 Å². The molecule has 4 aromatic rings. The Morgan fingerprint density at radius 3 is 2.59 bits per heavy atom. The van der Waals surface area contributed by atoms with Gasteiger partial charge in [0.15, 0.2) is 0 Å². The first-order chi connectivity index (χ1) is 18.2. The highest BCUT2D eigenvalue weighted by Gasteiger charge is 2.29. The number of fused-ring (bicyclic) bond motifs is 2. The summed E-state index contributed by atoms with van der Waals surface area (Å²) in [5.41, 5.74) is 7.71. The molecule has 0 spiro atoms. The van der Waals surface area contributed by atoms with E-state index < -0.39 is 0 Å². The number of rotatable bonds is 4. The topological polar surface area (TPSA) is 59.7 Å². The van der Waals surface area contributed by atoms with Crippen LogP contribution in [0.2, 0.25) is 0 Å². The Balaban J connectivity index is 1.48. The largest absolute Gasteiger partial charge is 0.381 e. The summed E-state index contributed by atoms with van der Waals surface area (Å²) in [5.74, 6) is 0.865. The standard InChI is InChI=1S/C30H27FN4O2/c31-23-4-6-24(7-5-23)35-26-15-22-17-32-16-21(22)14-25(26)29(30(35)19-9-12-37-13-10-19)20-3-8-27(33-18-20)34-11-1-2-28(34)36/h3-8,14-15,17-19H,1-2,9-13,16H2. The zero-order valence-corrected chi connectivity index (χ0v) is 20.5. The minimum absolute atomic E-state index is 0.131. The van der Waals surface area contributed by atoms with Crippen molar-refractivity contribution in [2.45, 2.75) is 38.1 Å². The maximum atomic E-state index is 13.9. The zero-order valence-electron chi connectivity index (χ0n) is 20.5. The van der Waals surface area contributed by atoms with Crippen molar-refractivity contribution in [1.29, 1.82) is 0 Å². The van der Waals surface area contributed by atoms with Crippen LogP contribution in [0.4, 0.5) is 10.2 Å². The van der Waals surface area contributed by atoms with Crippen LogP contribution in [0.5, 0.6) is 0 Å². The van der Waals surface area contributed by atoms with Crippen molar-refractivity contribution < 1.29 is 13.9 Å². The predicted molar refractivity (Wildman–Crippen MR) is 142 cm³/mol. The summed E-state index contributed by atoms with van der Waals surface area (Å²) in [6.07, 6.45) is 7.12. The fraction of sp³-hybridized carbons (Fsp3) is 0.300. The number of halogens is 1. The highest BCUT2D eigenvalue weighted by atomic mass is 19.1. The summed E-state index contributed by atoms with van der Waals surface area (Å²) in [6.45, 7) is 2.82. The quantitative estimate of drug-likeness (QED) is 0.361. The molecule has 0 aliphatic carbocycles. The number of benzene rings is 2. The second kappa shape index (κ2) is 8.92. The van der Waals surface area contributed by atoms with E-state index in [1.54, 1.807) is 4.90 Å². The minimum atomic E-state index is -0.252. The molecule has 2 saturated heterocycles. The number of aliphatic imine (C=N–C) groups is 1. The molecule has 0 saturated carbocycles. The second-order valence-electron chi connectivity index (χ2n) is 10.1. The smallest absolute Gasteiger partial charge is 0.228 e. The molecule has 2 aromatic carbocycles. The van der Waals surface area contributed by atoms with Crippen molar-refractivity contribution in [3.05, 3.63) is 77.4 Å². The Morgan fingerprint density at radius 2 is 1.86 bits per heavy atom. The summed E-state index contributed by atoms with van der Waals surface area (Å²) < 4.78 is 22.0. The van der Waals surface area contributed by atoms with Gasteiger partial charge in [-0.3, -0.25) is 14.7 Å². The van der Waals surface area contributed by atoms with E-state index in [1.165, 1.54) is 23.4 Å². The number of hydrogen-bond acceptors (Lipinski definition) is 4. The lowest BCUT2D eigenvalue weighted by Gasteiger charge is -2.26. The lowest BCUT2D eigenvalue weighted by molar-refractivity contribution is -0.117.